The number of halogens is 1. The Labute approximate surface area is 208 Å². The highest BCUT2D eigenvalue weighted by molar-refractivity contribution is 14.0. The molecular formula is C25H35IN4O2. The summed E-state index contributed by atoms with van der Waals surface area (Å²) in [7, 11) is 0. The number of nitrogens with zero attached hydrogens (tertiary/aromatic N) is 2. The number of hydrogen-bond acceptors (Lipinski definition) is 4. The van der Waals surface area contributed by atoms with Gasteiger partial charge in [0.15, 0.2) is 5.96 Å². The number of rotatable bonds is 8. The monoisotopic (exact) mass is 550 g/mol. The van der Waals surface area contributed by atoms with Crippen molar-refractivity contribution in [2.24, 2.45) is 4.99 Å². The topological polar surface area (TPSA) is 58.1 Å². The van der Waals surface area contributed by atoms with Crippen LogP contribution in [0.1, 0.15) is 29.2 Å². The molecule has 0 amide bonds. The normalized spacial score (nSPS) is 16.1. The molecule has 2 aromatic carbocycles. The summed E-state index contributed by atoms with van der Waals surface area (Å²) in [4.78, 5) is 7.25. The fraction of sp³-hybridized carbons (Fsp3) is 0.480. The van der Waals surface area contributed by atoms with Crippen molar-refractivity contribution in [2.75, 3.05) is 46.0 Å². The van der Waals surface area contributed by atoms with E-state index < -0.39 is 0 Å². The van der Waals surface area contributed by atoms with E-state index in [-0.39, 0.29) is 24.0 Å². The largest absolute Gasteiger partial charge is 0.493 e. The predicted molar refractivity (Wildman–Crippen MR) is 140 cm³/mol. The van der Waals surface area contributed by atoms with Gasteiger partial charge in [-0.1, -0.05) is 36.4 Å². The molecule has 2 aliphatic rings. The van der Waals surface area contributed by atoms with Crippen LogP contribution in [0, 0.1) is 0 Å². The van der Waals surface area contributed by atoms with Gasteiger partial charge in [-0.2, -0.15) is 0 Å². The van der Waals surface area contributed by atoms with E-state index in [9.17, 15) is 0 Å². The van der Waals surface area contributed by atoms with Gasteiger partial charge in [0, 0.05) is 39.1 Å². The summed E-state index contributed by atoms with van der Waals surface area (Å²) in [6.07, 6.45) is 1.98. The van der Waals surface area contributed by atoms with E-state index in [0.717, 1.165) is 77.1 Å². The minimum Gasteiger partial charge on any atom is -0.493 e. The molecule has 0 atom stereocenters. The standard InChI is InChI=1S/C25H34N4O2.HI/c1-2-26-25(27-10-8-20-6-7-24-23(17-20)9-13-31-24)28-18-21-4-3-5-22(16-21)19-29-11-14-30-15-12-29;/h3-7,16-17H,2,8-15,18-19H2,1H3,(H2,26,27,28);1H. The first kappa shape index (κ1) is 24.8. The summed E-state index contributed by atoms with van der Waals surface area (Å²) in [5.74, 6) is 1.91. The lowest BCUT2D eigenvalue weighted by Crippen LogP contribution is -2.38. The molecule has 0 aliphatic carbocycles. The Morgan fingerprint density at radius 3 is 2.69 bits per heavy atom. The van der Waals surface area contributed by atoms with Crippen molar-refractivity contribution >= 4 is 29.9 Å². The van der Waals surface area contributed by atoms with Gasteiger partial charge < -0.3 is 20.1 Å². The molecule has 2 aliphatic heterocycles. The molecular weight excluding hydrogens is 515 g/mol. The van der Waals surface area contributed by atoms with Crippen LogP contribution in [0.3, 0.4) is 0 Å². The molecule has 2 N–H and O–H groups in total. The van der Waals surface area contributed by atoms with E-state index in [1.807, 2.05) is 0 Å². The van der Waals surface area contributed by atoms with Gasteiger partial charge in [-0.3, -0.25) is 4.90 Å². The minimum atomic E-state index is 0. The van der Waals surface area contributed by atoms with Crippen LogP contribution in [-0.2, 0) is 30.7 Å². The molecule has 2 aromatic rings. The van der Waals surface area contributed by atoms with Crippen molar-refractivity contribution in [3.63, 3.8) is 0 Å². The summed E-state index contributed by atoms with van der Waals surface area (Å²) in [5, 5.41) is 6.83. The zero-order valence-corrected chi connectivity index (χ0v) is 21.3. The highest BCUT2D eigenvalue weighted by Gasteiger charge is 2.12. The summed E-state index contributed by atoms with van der Waals surface area (Å²) in [5.41, 5.74) is 5.24. The minimum absolute atomic E-state index is 0. The van der Waals surface area contributed by atoms with Crippen molar-refractivity contribution in [3.05, 3.63) is 64.7 Å². The second kappa shape index (κ2) is 13.0. The van der Waals surface area contributed by atoms with Gasteiger partial charge in [-0.25, -0.2) is 4.99 Å². The fourth-order valence-electron chi connectivity index (χ4n) is 4.08. The lowest BCUT2D eigenvalue weighted by molar-refractivity contribution is 0.0342. The van der Waals surface area contributed by atoms with Crippen molar-refractivity contribution in [1.29, 1.82) is 0 Å². The molecule has 0 radical (unpaired) electrons. The molecule has 6 nitrogen and oxygen atoms in total. The molecule has 0 bridgehead atoms. The van der Waals surface area contributed by atoms with Gasteiger partial charge >= 0.3 is 0 Å². The zero-order chi connectivity index (χ0) is 21.3. The molecule has 0 unspecified atom stereocenters. The second-order valence-corrected chi connectivity index (χ2v) is 8.12. The fourth-order valence-corrected chi connectivity index (χ4v) is 4.08. The third-order valence-corrected chi connectivity index (χ3v) is 5.73. The third-order valence-electron chi connectivity index (χ3n) is 5.73. The van der Waals surface area contributed by atoms with E-state index in [4.69, 9.17) is 14.5 Å². The van der Waals surface area contributed by atoms with Crippen LogP contribution in [0.2, 0.25) is 0 Å². The Morgan fingerprint density at radius 2 is 1.84 bits per heavy atom. The number of ether oxygens (including phenoxy) is 2. The number of benzene rings is 2. The molecule has 2 heterocycles. The molecule has 4 rings (SSSR count). The average molecular weight is 550 g/mol. The van der Waals surface area contributed by atoms with E-state index in [0.29, 0.717) is 6.54 Å². The molecule has 0 aromatic heterocycles. The molecule has 0 spiro atoms. The highest BCUT2D eigenvalue weighted by atomic mass is 127. The lowest BCUT2D eigenvalue weighted by Gasteiger charge is -2.26. The average Bonchev–Trinajstić information content (AvgIpc) is 3.26. The molecule has 32 heavy (non-hydrogen) atoms. The van der Waals surface area contributed by atoms with Crippen LogP contribution in [0.5, 0.6) is 5.75 Å². The van der Waals surface area contributed by atoms with Crippen LogP contribution >= 0.6 is 24.0 Å². The summed E-state index contributed by atoms with van der Waals surface area (Å²) < 4.78 is 11.0. The smallest absolute Gasteiger partial charge is 0.191 e. The highest BCUT2D eigenvalue weighted by Crippen LogP contribution is 2.25. The lowest BCUT2D eigenvalue weighted by atomic mass is 10.1. The zero-order valence-electron chi connectivity index (χ0n) is 18.9. The molecule has 7 heteroatoms. The van der Waals surface area contributed by atoms with Gasteiger partial charge in [0.1, 0.15) is 5.75 Å². The predicted octanol–water partition coefficient (Wildman–Crippen LogP) is 3.37. The number of aliphatic imine (C=N–C) groups is 1. The first-order valence-electron chi connectivity index (χ1n) is 11.4. The maximum Gasteiger partial charge on any atom is 0.191 e. The molecule has 174 valence electrons. The van der Waals surface area contributed by atoms with Crippen molar-refractivity contribution in [2.45, 2.75) is 32.9 Å². The number of nitrogens with one attached hydrogen (secondary N) is 2. The van der Waals surface area contributed by atoms with Gasteiger partial charge in [0.25, 0.3) is 0 Å². The van der Waals surface area contributed by atoms with Crippen LogP contribution in [0.25, 0.3) is 0 Å². The molecule has 1 saturated heterocycles. The van der Waals surface area contributed by atoms with E-state index in [2.05, 4.69) is 64.9 Å². The summed E-state index contributed by atoms with van der Waals surface area (Å²) >= 11 is 0. The first-order chi connectivity index (χ1) is 15.3. The van der Waals surface area contributed by atoms with Crippen molar-refractivity contribution in [1.82, 2.24) is 15.5 Å². The quantitative estimate of drug-likeness (QED) is 0.300. The van der Waals surface area contributed by atoms with Crippen molar-refractivity contribution in [3.8, 4) is 5.75 Å². The van der Waals surface area contributed by atoms with Gasteiger partial charge in [-0.15, -0.1) is 24.0 Å². The SMILES string of the molecule is CCNC(=NCc1cccc(CN2CCOCC2)c1)NCCc1ccc2c(c1)CCO2.I. The summed E-state index contributed by atoms with van der Waals surface area (Å²) in [6, 6.07) is 15.3. The first-order valence-corrected chi connectivity index (χ1v) is 11.4. The van der Waals surface area contributed by atoms with E-state index >= 15 is 0 Å². The van der Waals surface area contributed by atoms with E-state index in [1.165, 1.54) is 22.3 Å². The Bertz CT molecular complexity index is 884. The summed E-state index contributed by atoms with van der Waals surface area (Å²) in [6.45, 7) is 9.93. The number of guanidine groups is 1. The Morgan fingerprint density at radius 1 is 1.00 bits per heavy atom. The van der Waals surface area contributed by atoms with Crippen LogP contribution in [-0.4, -0.2) is 56.9 Å². The van der Waals surface area contributed by atoms with E-state index in [1.54, 1.807) is 0 Å². The Balaban J connectivity index is 0.00000289. The van der Waals surface area contributed by atoms with Gasteiger partial charge in [0.2, 0.25) is 0 Å². The molecule has 1 fully saturated rings. The van der Waals surface area contributed by atoms with Gasteiger partial charge in [0.05, 0.1) is 26.4 Å². The second-order valence-electron chi connectivity index (χ2n) is 8.12. The number of fused-ring (bicyclic) bond motifs is 1. The van der Waals surface area contributed by atoms with Crippen molar-refractivity contribution < 1.29 is 9.47 Å². The maximum atomic E-state index is 5.60. The van der Waals surface area contributed by atoms with Gasteiger partial charge in [-0.05, 0) is 41.7 Å². The van der Waals surface area contributed by atoms with Crippen LogP contribution in [0.4, 0.5) is 0 Å². The van der Waals surface area contributed by atoms with Crippen LogP contribution < -0.4 is 15.4 Å². The number of hydrogen-bond donors (Lipinski definition) is 2. The van der Waals surface area contributed by atoms with Crippen LogP contribution in [0.15, 0.2) is 47.5 Å². The molecule has 0 saturated carbocycles. The maximum absolute atomic E-state index is 5.60. The number of morpholine rings is 1. The Hall–Kier alpha value is -1.84. The third kappa shape index (κ3) is 7.35. The Kier molecular flexibility index (Phi) is 10.1.